The molecule has 0 atom stereocenters. The van der Waals surface area contributed by atoms with E-state index >= 15 is 0 Å². The fraction of sp³-hybridized carbons (Fsp3) is 0.0625. The Labute approximate surface area is 209 Å². The number of hydrogen-bond donors (Lipinski definition) is 0. The van der Waals surface area contributed by atoms with Crippen molar-refractivity contribution in [1.82, 2.24) is 9.78 Å². The van der Waals surface area contributed by atoms with Crippen molar-refractivity contribution in [2.45, 2.75) is 11.8 Å². The Kier molecular flexibility index (Phi) is 10.7. The number of halogens is 1. The van der Waals surface area contributed by atoms with Gasteiger partial charge in [0.1, 0.15) is 15.8 Å². The summed E-state index contributed by atoms with van der Waals surface area (Å²) < 4.78 is 34.6. The van der Waals surface area contributed by atoms with Gasteiger partial charge in [0.05, 0.1) is 22.0 Å². The first kappa shape index (κ1) is 28.5. The number of para-hydroxylation sites is 1. The second kappa shape index (κ2) is 11.2. The molecule has 1 heterocycles. The summed E-state index contributed by atoms with van der Waals surface area (Å²) in [5.74, 6) is -1.73. The van der Waals surface area contributed by atoms with Crippen LogP contribution in [0.15, 0.2) is 57.6 Å². The van der Waals surface area contributed by atoms with Crippen molar-refractivity contribution in [2.75, 3.05) is 0 Å². The molecular formula is C16H12ClCrN4NaO6S+. The molecule has 151 valence electrons. The van der Waals surface area contributed by atoms with Gasteiger partial charge in [-0.1, -0.05) is 35.5 Å². The van der Waals surface area contributed by atoms with Gasteiger partial charge in [-0.3, -0.25) is 0 Å². The molecule has 0 fully saturated rings. The maximum absolute atomic E-state index is 12.5. The molecule has 0 bridgehead atoms. The Morgan fingerprint density at radius 2 is 1.70 bits per heavy atom. The number of benzene rings is 2. The molecule has 0 amide bonds. The van der Waals surface area contributed by atoms with E-state index in [1.165, 1.54) is 6.92 Å². The van der Waals surface area contributed by atoms with E-state index in [1.54, 1.807) is 30.3 Å². The molecule has 0 aliphatic heterocycles. The third kappa shape index (κ3) is 6.04. The molecule has 0 saturated heterocycles. The summed E-state index contributed by atoms with van der Waals surface area (Å²) in [7, 11) is -5.04. The zero-order chi connectivity index (χ0) is 19.8. The maximum atomic E-state index is 12.5. The Morgan fingerprint density at radius 1 is 1.10 bits per heavy atom. The van der Waals surface area contributed by atoms with Crippen LogP contribution in [0.4, 0.5) is 11.4 Å². The first-order valence-electron chi connectivity index (χ1n) is 7.38. The van der Waals surface area contributed by atoms with Crippen molar-refractivity contribution < 1.29 is 75.6 Å². The van der Waals surface area contributed by atoms with Crippen LogP contribution in [-0.2, 0) is 27.5 Å². The predicted molar refractivity (Wildman–Crippen MR) is 94.4 cm³/mol. The SMILES string of the molecule is Cc1nn(-c2ccccc2)c([O-])c1N=Nc1cc(Cl)cc(S(=O)(=O)[O-])c1[O-].O.[Cr+3].[Na+]. The first-order valence-corrected chi connectivity index (χ1v) is 9.17. The molecule has 1 aromatic heterocycles. The smallest absolute Gasteiger partial charge is 0.870 e. The maximum Gasteiger partial charge on any atom is 3.00 e. The summed E-state index contributed by atoms with van der Waals surface area (Å²) in [5, 5.41) is 35.8. The van der Waals surface area contributed by atoms with E-state index in [0.29, 0.717) is 5.69 Å². The van der Waals surface area contributed by atoms with Crippen LogP contribution in [0.2, 0.25) is 5.02 Å². The second-order valence-corrected chi connectivity index (χ2v) is 7.18. The van der Waals surface area contributed by atoms with Crippen LogP contribution >= 0.6 is 11.6 Å². The molecule has 0 unspecified atom stereocenters. The Bertz CT molecular complexity index is 1160. The van der Waals surface area contributed by atoms with E-state index in [4.69, 9.17) is 11.6 Å². The molecule has 0 aliphatic rings. The van der Waals surface area contributed by atoms with Gasteiger partial charge in [-0.05, 0) is 31.2 Å². The van der Waals surface area contributed by atoms with Gasteiger partial charge in [-0.25, -0.2) is 13.1 Å². The summed E-state index contributed by atoms with van der Waals surface area (Å²) in [4.78, 5) is -1.04. The van der Waals surface area contributed by atoms with Crippen LogP contribution < -0.4 is 39.8 Å². The van der Waals surface area contributed by atoms with Gasteiger partial charge in [-0.15, -0.1) is 5.11 Å². The molecule has 14 heteroatoms. The zero-order valence-corrected chi connectivity index (χ0v) is 20.4. The molecule has 3 rings (SSSR count). The minimum absolute atomic E-state index is 0. The van der Waals surface area contributed by atoms with E-state index < -0.39 is 32.3 Å². The van der Waals surface area contributed by atoms with Crippen LogP contribution in [0.5, 0.6) is 11.6 Å². The summed E-state index contributed by atoms with van der Waals surface area (Å²) >= 11 is 5.73. The van der Waals surface area contributed by atoms with Gasteiger partial charge in [0.15, 0.2) is 0 Å². The number of nitrogens with zero attached hydrogens (tertiary/aromatic N) is 4. The van der Waals surface area contributed by atoms with Gasteiger partial charge in [0.2, 0.25) is 0 Å². The van der Waals surface area contributed by atoms with Gasteiger partial charge < -0.3 is 20.2 Å². The molecule has 1 radical (unpaired) electrons. The summed E-state index contributed by atoms with van der Waals surface area (Å²) in [6.07, 6.45) is 0. The van der Waals surface area contributed by atoms with Crippen LogP contribution in [0.25, 0.3) is 5.69 Å². The van der Waals surface area contributed by atoms with E-state index in [-0.39, 0.29) is 68.8 Å². The molecule has 2 aromatic carbocycles. The fourth-order valence-corrected chi connectivity index (χ4v) is 3.16. The third-order valence-electron chi connectivity index (χ3n) is 3.52. The molecule has 10 nitrogen and oxygen atoms in total. The van der Waals surface area contributed by atoms with Crippen molar-refractivity contribution in [3.05, 3.63) is 53.2 Å². The Morgan fingerprint density at radius 3 is 2.27 bits per heavy atom. The molecule has 0 aliphatic carbocycles. The van der Waals surface area contributed by atoms with Gasteiger partial charge in [0, 0.05) is 10.9 Å². The van der Waals surface area contributed by atoms with Crippen molar-refractivity contribution in [3.63, 3.8) is 0 Å². The molecule has 3 aromatic rings. The van der Waals surface area contributed by atoms with E-state index in [1.807, 2.05) is 0 Å². The summed E-state index contributed by atoms with van der Waals surface area (Å²) in [5.41, 5.74) is 0.144. The fourth-order valence-electron chi connectivity index (χ4n) is 2.28. The van der Waals surface area contributed by atoms with Crippen LogP contribution in [-0.4, -0.2) is 28.2 Å². The van der Waals surface area contributed by atoms with Crippen molar-refractivity contribution >= 4 is 33.1 Å². The molecule has 30 heavy (non-hydrogen) atoms. The average Bonchev–Trinajstić information content (AvgIpc) is 2.89. The van der Waals surface area contributed by atoms with E-state index in [0.717, 1.165) is 16.8 Å². The second-order valence-electron chi connectivity index (χ2n) is 5.39. The molecule has 0 spiro atoms. The Balaban J connectivity index is 0.00000280. The molecular weight excluding hydrogens is 487 g/mol. The average molecular weight is 499 g/mol. The topological polar surface area (TPSA) is 177 Å². The predicted octanol–water partition coefficient (Wildman–Crippen LogP) is -1.52. The number of rotatable bonds is 4. The normalized spacial score (nSPS) is 10.8. The molecule has 2 N–H and O–H groups in total. The van der Waals surface area contributed by atoms with Gasteiger partial charge in [0.25, 0.3) is 0 Å². The van der Waals surface area contributed by atoms with Crippen LogP contribution in [0.1, 0.15) is 5.69 Å². The minimum atomic E-state index is -5.04. The quantitative estimate of drug-likeness (QED) is 0.239. The van der Waals surface area contributed by atoms with Crippen LogP contribution in [0.3, 0.4) is 0 Å². The van der Waals surface area contributed by atoms with Crippen molar-refractivity contribution in [2.24, 2.45) is 10.2 Å². The third-order valence-corrected chi connectivity index (χ3v) is 4.58. The molecule has 0 saturated carbocycles. The van der Waals surface area contributed by atoms with E-state index in [9.17, 15) is 23.2 Å². The number of hydrogen-bond acceptors (Lipinski definition) is 8. The number of azo groups is 1. The summed E-state index contributed by atoms with van der Waals surface area (Å²) in [6, 6.07) is 10.4. The van der Waals surface area contributed by atoms with Crippen LogP contribution in [0, 0.1) is 6.92 Å². The van der Waals surface area contributed by atoms with Crippen molar-refractivity contribution in [1.29, 1.82) is 0 Å². The number of aromatic nitrogens is 2. The largest absolute Gasteiger partial charge is 3.00 e. The van der Waals surface area contributed by atoms with Gasteiger partial charge >= 0.3 is 46.9 Å². The van der Waals surface area contributed by atoms with Gasteiger partial charge in [-0.2, -0.15) is 10.2 Å². The monoisotopic (exact) mass is 498 g/mol. The summed E-state index contributed by atoms with van der Waals surface area (Å²) in [6.45, 7) is 1.53. The standard InChI is InChI=1S/C16H13ClN4O5S.Cr.Na.H2O/c1-9-14(16(23)21(20-9)11-5-3-2-4-6-11)19-18-12-7-10(17)8-13(15(12)22)27(24,25)26;;;/h2-8,22-23H,1H3,(H,24,25,26);;;1H2/q;+3;+1;/p-3. The zero-order valence-electron chi connectivity index (χ0n) is 15.6. The number of aryl methyl sites for hydroxylation is 1. The van der Waals surface area contributed by atoms with E-state index in [2.05, 4.69) is 15.3 Å². The minimum Gasteiger partial charge on any atom is -0.870 e. The first-order chi connectivity index (χ1) is 12.7. The Hall–Kier alpha value is -1.46. The van der Waals surface area contributed by atoms with Crippen molar-refractivity contribution in [3.8, 4) is 17.3 Å².